The molecule has 0 spiro atoms. The Morgan fingerprint density at radius 3 is 1.06 bits per heavy atom. The number of benzene rings is 1. The maximum absolute atomic E-state index is 3.95. The molecule has 0 atom stereocenters. The molecular formula is C16H22Si2. The number of rotatable bonds is 6. The van der Waals surface area contributed by atoms with Crippen LogP contribution in [0, 0.1) is 0 Å². The van der Waals surface area contributed by atoms with Gasteiger partial charge in [0.15, 0.2) is 0 Å². The van der Waals surface area contributed by atoms with E-state index in [2.05, 4.69) is 86.5 Å². The summed E-state index contributed by atoms with van der Waals surface area (Å²) < 4.78 is 0. The first-order valence-corrected chi connectivity index (χ1v) is 11.4. The van der Waals surface area contributed by atoms with Crippen LogP contribution in [0.25, 0.3) is 0 Å². The summed E-state index contributed by atoms with van der Waals surface area (Å²) in [4.78, 5) is 0. The quantitative estimate of drug-likeness (QED) is 0.697. The van der Waals surface area contributed by atoms with Gasteiger partial charge in [-0.05, 0) is 0 Å². The van der Waals surface area contributed by atoms with Gasteiger partial charge in [-0.25, -0.2) is 0 Å². The number of hydrogen-bond acceptors (Lipinski definition) is 0. The predicted octanol–water partition coefficient (Wildman–Crippen LogP) is 3.16. The first kappa shape index (κ1) is 14.7. The third kappa shape index (κ3) is 2.55. The van der Waals surface area contributed by atoms with Crippen molar-refractivity contribution in [2.75, 3.05) is 0 Å². The third-order valence-electron chi connectivity index (χ3n) is 3.83. The van der Waals surface area contributed by atoms with Crippen LogP contribution in [0.5, 0.6) is 0 Å². The first-order valence-electron chi connectivity index (χ1n) is 6.11. The van der Waals surface area contributed by atoms with Crippen LogP contribution in [0.1, 0.15) is 0 Å². The Morgan fingerprint density at radius 1 is 0.667 bits per heavy atom. The standard InChI is InChI=1S/C16H22Si2/c1-7-17(5,8-2)15-11-13-16(14-12-15)18(6,9-3)10-4/h7-14H,1-4H2,5-6H3. The fourth-order valence-electron chi connectivity index (χ4n) is 1.83. The zero-order valence-electron chi connectivity index (χ0n) is 11.4. The summed E-state index contributed by atoms with van der Waals surface area (Å²) in [6.07, 6.45) is 0. The summed E-state index contributed by atoms with van der Waals surface area (Å²) in [5.41, 5.74) is 8.25. The molecule has 0 radical (unpaired) electrons. The smallest absolute Gasteiger partial charge is 0.106 e. The van der Waals surface area contributed by atoms with E-state index >= 15 is 0 Å². The van der Waals surface area contributed by atoms with Gasteiger partial charge in [-0.3, -0.25) is 0 Å². The highest BCUT2D eigenvalue weighted by molar-refractivity contribution is 7.00. The van der Waals surface area contributed by atoms with E-state index in [0.717, 1.165) is 0 Å². The highest BCUT2D eigenvalue weighted by Gasteiger charge is 2.24. The van der Waals surface area contributed by atoms with E-state index in [1.807, 2.05) is 0 Å². The molecule has 0 fully saturated rings. The summed E-state index contributed by atoms with van der Waals surface area (Å²) in [6, 6.07) is 8.85. The molecule has 0 aromatic heterocycles. The van der Waals surface area contributed by atoms with Crippen molar-refractivity contribution in [1.82, 2.24) is 0 Å². The average Bonchev–Trinajstić information content (AvgIpc) is 2.45. The van der Waals surface area contributed by atoms with Gasteiger partial charge < -0.3 is 0 Å². The van der Waals surface area contributed by atoms with E-state index in [0.29, 0.717) is 0 Å². The molecule has 0 heterocycles. The third-order valence-corrected chi connectivity index (χ3v) is 10.4. The molecule has 1 aromatic carbocycles. The Balaban J connectivity index is 3.22. The Kier molecular flexibility index (Phi) is 4.49. The van der Waals surface area contributed by atoms with Gasteiger partial charge >= 0.3 is 0 Å². The van der Waals surface area contributed by atoms with Gasteiger partial charge in [-0.2, -0.15) is 0 Å². The van der Waals surface area contributed by atoms with Crippen LogP contribution in [0.3, 0.4) is 0 Å². The van der Waals surface area contributed by atoms with E-state index in [1.54, 1.807) is 0 Å². The molecule has 18 heavy (non-hydrogen) atoms. The maximum atomic E-state index is 3.95. The summed E-state index contributed by atoms with van der Waals surface area (Å²) in [5, 5.41) is 2.70. The monoisotopic (exact) mass is 270 g/mol. The first-order chi connectivity index (χ1) is 8.45. The molecule has 0 saturated heterocycles. The molecule has 0 aliphatic heterocycles. The van der Waals surface area contributed by atoms with E-state index < -0.39 is 16.1 Å². The van der Waals surface area contributed by atoms with Crippen LogP contribution in [0.4, 0.5) is 0 Å². The summed E-state index contributed by atoms with van der Waals surface area (Å²) >= 11 is 0. The second-order valence-corrected chi connectivity index (χ2v) is 12.9. The topological polar surface area (TPSA) is 0 Å². The highest BCUT2D eigenvalue weighted by atomic mass is 28.3. The van der Waals surface area contributed by atoms with Gasteiger partial charge in [0.1, 0.15) is 16.1 Å². The molecule has 1 rings (SSSR count). The lowest BCUT2D eigenvalue weighted by atomic mass is 10.4. The average molecular weight is 271 g/mol. The van der Waals surface area contributed by atoms with Crippen molar-refractivity contribution in [3.8, 4) is 0 Å². The molecule has 0 aliphatic rings. The zero-order valence-corrected chi connectivity index (χ0v) is 13.4. The highest BCUT2D eigenvalue weighted by Crippen LogP contribution is 2.09. The summed E-state index contributed by atoms with van der Waals surface area (Å²) in [6.45, 7) is 20.3. The van der Waals surface area contributed by atoms with Crippen molar-refractivity contribution >= 4 is 26.5 Å². The van der Waals surface area contributed by atoms with Crippen molar-refractivity contribution < 1.29 is 0 Å². The van der Waals surface area contributed by atoms with Crippen LogP contribution in [0.15, 0.2) is 73.4 Å². The molecule has 0 amide bonds. The predicted molar refractivity (Wildman–Crippen MR) is 89.7 cm³/mol. The molecule has 0 aliphatic carbocycles. The summed E-state index contributed by atoms with van der Waals surface area (Å²) in [7, 11) is -3.37. The Bertz CT molecular complexity index is 407. The van der Waals surface area contributed by atoms with Crippen molar-refractivity contribution in [2.24, 2.45) is 0 Å². The van der Waals surface area contributed by atoms with Crippen molar-refractivity contribution in [3.63, 3.8) is 0 Å². The lowest BCUT2D eigenvalue weighted by molar-refractivity contribution is 1.74. The lowest BCUT2D eigenvalue weighted by Crippen LogP contribution is -2.45. The van der Waals surface area contributed by atoms with Gasteiger partial charge in [0.2, 0.25) is 0 Å². The summed E-state index contributed by atoms with van der Waals surface area (Å²) in [5.74, 6) is 0. The molecule has 1 aromatic rings. The zero-order chi connectivity index (χ0) is 13.8. The Labute approximate surface area is 113 Å². The fourth-order valence-corrected chi connectivity index (χ4v) is 4.87. The van der Waals surface area contributed by atoms with E-state index in [4.69, 9.17) is 0 Å². The van der Waals surface area contributed by atoms with Crippen molar-refractivity contribution in [2.45, 2.75) is 13.1 Å². The lowest BCUT2D eigenvalue weighted by Gasteiger charge is -2.23. The molecule has 0 N–H and O–H groups in total. The van der Waals surface area contributed by atoms with Gasteiger partial charge in [-0.15, -0.1) is 26.3 Å². The number of hydrogen-bond donors (Lipinski definition) is 0. The fraction of sp³-hybridized carbons (Fsp3) is 0.125. The second kappa shape index (κ2) is 5.50. The van der Waals surface area contributed by atoms with Crippen molar-refractivity contribution in [1.29, 1.82) is 0 Å². The van der Waals surface area contributed by atoms with Gasteiger partial charge in [0, 0.05) is 0 Å². The van der Waals surface area contributed by atoms with E-state index in [9.17, 15) is 0 Å². The molecule has 0 nitrogen and oxygen atoms in total. The van der Waals surface area contributed by atoms with Gasteiger partial charge in [0.05, 0.1) is 0 Å². The van der Waals surface area contributed by atoms with Crippen molar-refractivity contribution in [3.05, 3.63) is 73.4 Å². The SMILES string of the molecule is C=C[Si](C)(C=C)c1ccc([Si](C)(C=C)C=C)cc1. The van der Waals surface area contributed by atoms with Crippen LogP contribution in [-0.4, -0.2) is 16.1 Å². The molecule has 2 heteroatoms. The van der Waals surface area contributed by atoms with E-state index in [1.165, 1.54) is 10.4 Å². The van der Waals surface area contributed by atoms with Gasteiger partial charge in [0.25, 0.3) is 0 Å². The largest absolute Gasteiger partial charge is 0.129 e. The van der Waals surface area contributed by atoms with Gasteiger partial charge in [-0.1, -0.05) is 70.5 Å². The van der Waals surface area contributed by atoms with Crippen LogP contribution < -0.4 is 10.4 Å². The maximum Gasteiger partial charge on any atom is 0.129 e. The normalized spacial score (nSPS) is 11.7. The van der Waals surface area contributed by atoms with Crippen LogP contribution in [-0.2, 0) is 0 Å². The minimum Gasteiger partial charge on any atom is -0.106 e. The minimum absolute atomic E-state index is 1.35. The second-order valence-electron chi connectivity index (χ2n) is 4.96. The molecule has 0 bridgehead atoms. The van der Waals surface area contributed by atoms with E-state index in [-0.39, 0.29) is 0 Å². The minimum atomic E-state index is -1.68. The Morgan fingerprint density at radius 2 is 0.889 bits per heavy atom. The molecule has 0 saturated carbocycles. The molecule has 94 valence electrons. The van der Waals surface area contributed by atoms with Crippen LogP contribution in [0.2, 0.25) is 13.1 Å². The Hall–Kier alpha value is -1.39. The molecule has 0 unspecified atom stereocenters. The molecular weight excluding hydrogens is 248 g/mol. The van der Waals surface area contributed by atoms with Crippen LogP contribution >= 0.6 is 0 Å².